The van der Waals surface area contributed by atoms with Gasteiger partial charge in [-0.25, -0.2) is 0 Å². The molecule has 1 aliphatic rings. The van der Waals surface area contributed by atoms with Crippen LogP contribution in [0.5, 0.6) is 0 Å². The quantitative estimate of drug-likeness (QED) is 0.762. The van der Waals surface area contributed by atoms with Crippen molar-refractivity contribution in [1.29, 1.82) is 0 Å². The average molecular weight is 312 g/mol. The lowest BCUT2D eigenvalue weighted by molar-refractivity contribution is -0.114. The van der Waals surface area contributed by atoms with Gasteiger partial charge in [0, 0.05) is 29.6 Å². The highest BCUT2D eigenvalue weighted by Crippen LogP contribution is 2.23. The smallest absolute Gasteiger partial charge is 0.276 e. The van der Waals surface area contributed by atoms with E-state index in [1.165, 1.54) is 13.3 Å². The van der Waals surface area contributed by atoms with Crippen molar-refractivity contribution < 1.29 is 9.59 Å². The Hall–Kier alpha value is -2.63. The lowest BCUT2D eigenvalue weighted by atomic mass is 10.1. The summed E-state index contributed by atoms with van der Waals surface area (Å²) in [4.78, 5) is 23.6. The largest absolute Gasteiger partial charge is 0.326 e. The van der Waals surface area contributed by atoms with Crippen LogP contribution in [0.15, 0.2) is 24.3 Å². The molecule has 2 aromatic rings. The number of H-pyrrole nitrogens is 1. The third-order valence-corrected chi connectivity index (χ3v) is 3.96. The molecule has 3 rings (SSSR count). The summed E-state index contributed by atoms with van der Waals surface area (Å²) in [5, 5.41) is 12.8. The van der Waals surface area contributed by atoms with Crippen LogP contribution >= 0.6 is 0 Å². The molecule has 0 aliphatic heterocycles. The van der Waals surface area contributed by atoms with Crippen molar-refractivity contribution in [1.82, 2.24) is 10.2 Å². The van der Waals surface area contributed by atoms with E-state index in [1.54, 1.807) is 24.3 Å². The third-order valence-electron chi connectivity index (χ3n) is 3.96. The van der Waals surface area contributed by atoms with E-state index in [1.807, 2.05) is 0 Å². The second-order valence-electron chi connectivity index (χ2n) is 5.81. The van der Waals surface area contributed by atoms with Crippen molar-refractivity contribution >= 4 is 23.2 Å². The average Bonchev–Trinajstić information content (AvgIpc) is 2.76. The number of benzene rings is 1. The van der Waals surface area contributed by atoms with Crippen molar-refractivity contribution in [2.75, 3.05) is 10.6 Å². The summed E-state index contributed by atoms with van der Waals surface area (Å²) in [5.74, 6) is -0.365. The second kappa shape index (κ2) is 6.64. The van der Waals surface area contributed by atoms with Gasteiger partial charge in [0.15, 0.2) is 5.69 Å². The number of rotatable bonds is 3. The second-order valence-corrected chi connectivity index (χ2v) is 5.81. The highest BCUT2D eigenvalue weighted by molar-refractivity contribution is 6.04. The molecule has 2 amide bonds. The first-order valence-electron chi connectivity index (χ1n) is 7.88. The highest BCUT2D eigenvalue weighted by atomic mass is 16.2. The number of hydrogen-bond donors (Lipinski definition) is 3. The van der Waals surface area contributed by atoms with Gasteiger partial charge < -0.3 is 10.6 Å². The number of aryl methyl sites for hydroxylation is 1. The molecule has 3 N–H and O–H groups in total. The van der Waals surface area contributed by atoms with Crippen molar-refractivity contribution in [3.8, 4) is 0 Å². The molecule has 1 aliphatic carbocycles. The molecule has 1 aromatic heterocycles. The topological polar surface area (TPSA) is 86.9 Å². The molecule has 6 heteroatoms. The fraction of sp³-hybridized carbons (Fsp3) is 0.353. The minimum atomic E-state index is -0.218. The third kappa shape index (κ3) is 3.59. The van der Waals surface area contributed by atoms with Crippen LogP contribution < -0.4 is 10.6 Å². The van der Waals surface area contributed by atoms with Gasteiger partial charge >= 0.3 is 0 Å². The first-order valence-corrected chi connectivity index (χ1v) is 7.88. The van der Waals surface area contributed by atoms with Gasteiger partial charge in [0.1, 0.15) is 0 Å². The zero-order chi connectivity index (χ0) is 16.2. The van der Waals surface area contributed by atoms with Gasteiger partial charge in [0.2, 0.25) is 5.91 Å². The Labute approximate surface area is 134 Å². The van der Waals surface area contributed by atoms with E-state index in [0.29, 0.717) is 17.1 Å². The van der Waals surface area contributed by atoms with Crippen LogP contribution in [0.4, 0.5) is 11.4 Å². The summed E-state index contributed by atoms with van der Waals surface area (Å²) < 4.78 is 0. The van der Waals surface area contributed by atoms with Crippen molar-refractivity contribution in [3.63, 3.8) is 0 Å². The summed E-state index contributed by atoms with van der Waals surface area (Å²) >= 11 is 0. The normalized spacial score (nSPS) is 13.8. The number of carbonyl (C=O) groups is 2. The van der Waals surface area contributed by atoms with Crippen LogP contribution in [0, 0.1) is 0 Å². The molecule has 1 heterocycles. The van der Waals surface area contributed by atoms with E-state index in [-0.39, 0.29) is 11.8 Å². The number of anilines is 2. The number of aromatic amines is 1. The Morgan fingerprint density at radius 3 is 2.61 bits per heavy atom. The first-order chi connectivity index (χ1) is 11.1. The lowest BCUT2D eigenvalue weighted by Crippen LogP contribution is -2.15. The molecular weight excluding hydrogens is 292 g/mol. The van der Waals surface area contributed by atoms with Gasteiger partial charge in [-0.15, -0.1) is 0 Å². The minimum absolute atomic E-state index is 0.147. The predicted molar refractivity (Wildman–Crippen MR) is 88.5 cm³/mol. The molecule has 0 unspecified atom stereocenters. The number of aromatic nitrogens is 2. The van der Waals surface area contributed by atoms with Gasteiger partial charge in [0.05, 0.1) is 0 Å². The zero-order valence-electron chi connectivity index (χ0n) is 13.1. The Morgan fingerprint density at radius 2 is 1.83 bits per heavy atom. The molecule has 1 aromatic carbocycles. The van der Waals surface area contributed by atoms with Crippen LogP contribution in [0.3, 0.4) is 0 Å². The van der Waals surface area contributed by atoms with Crippen LogP contribution in [0.1, 0.15) is 47.9 Å². The molecule has 0 spiro atoms. The fourth-order valence-corrected chi connectivity index (χ4v) is 2.91. The van der Waals surface area contributed by atoms with Crippen LogP contribution in [0.2, 0.25) is 0 Å². The van der Waals surface area contributed by atoms with Crippen molar-refractivity contribution in [2.45, 2.75) is 39.0 Å². The predicted octanol–water partition coefficient (Wildman–Crippen LogP) is 2.89. The number of nitrogens with one attached hydrogen (secondary N) is 3. The molecule has 120 valence electrons. The molecule has 23 heavy (non-hydrogen) atoms. The number of amides is 2. The highest BCUT2D eigenvalue weighted by Gasteiger charge is 2.20. The van der Waals surface area contributed by atoms with E-state index in [4.69, 9.17) is 0 Å². The number of hydrogen-bond acceptors (Lipinski definition) is 3. The maximum absolute atomic E-state index is 12.5. The maximum Gasteiger partial charge on any atom is 0.276 e. The minimum Gasteiger partial charge on any atom is -0.326 e. The maximum atomic E-state index is 12.5. The molecule has 0 fully saturated rings. The Morgan fingerprint density at radius 1 is 1.09 bits per heavy atom. The summed E-state index contributed by atoms with van der Waals surface area (Å²) in [6.07, 6.45) is 5.25. The van der Waals surface area contributed by atoms with Crippen LogP contribution in [0.25, 0.3) is 0 Å². The summed E-state index contributed by atoms with van der Waals surface area (Å²) in [5.41, 5.74) is 3.88. The van der Waals surface area contributed by atoms with E-state index < -0.39 is 0 Å². The number of fused-ring (bicyclic) bond motifs is 1. The van der Waals surface area contributed by atoms with Gasteiger partial charge in [0.25, 0.3) is 5.91 Å². The van der Waals surface area contributed by atoms with Gasteiger partial charge in [-0.05, 0) is 43.9 Å². The zero-order valence-corrected chi connectivity index (χ0v) is 13.1. The molecule has 0 bridgehead atoms. The Bertz CT molecular complexity index is 736. The monoisotopic (exact) mass is 312 g/mol. The Kier molecular flexibility index (Phi) is 4.41. The summed E-state index contributed by atoms with van der Waals surface area (Å²) in [7, 11) is 0. The summed E-state index contributed by atoms with van der Waals surface area (Å²) in [6.45, 7) is 1.45. The van der Waals surface area contributed by atoms with E-state index in [9.17, 15) is 9.59 Å². The molecular formula is C17H20N4O2. The van der Waals surface area contributed by atoms with Gasteiger partial charge in [-0.3, -0.25) is 14.7 Å². The van der Waals surface area contributed by atoms with Crippen molar-refractivity contribution in [2.24, 2.45) is 0 Å². The molecule has 6 nitrogen and oxygen atoms in total. The summed E-state index contributed by atoms with van der Waals surface area (Å²) in [6, 6.07) is 7.07. The Balaban J connectivity index is 1.77. The molecule has 0 saturated heterocycles. The molecule has 0 radical (unpaired) electrons. The van der Waals surface area contributed by atoms with Gasteiger partial charge in [-0.1, -0.05) is 12.5 Å². The van der Waals surface area contributed by atoms with E-state index in [2.05, 4.69) is 20.8 Å². The van der Waals surface area contributed by atoms with Crippen LogP contribution in [-0.2, 0) is 17.6 Å². The lowest BCUT2D eigenvalue weighted by Gasteiger charge is -2.08. The van der Waals surface area contributed by atoms with E-state index >= 15 is 0 Å². The molecule has 0 atom stereocenters. The van der Waals surface area contributed by atoms with E-state index in [0.717, 1.165) is 36.9 Å². The molecule has 0 saturated carbocycles. The van der Waals surface area contributed by atoms with Crippen LogP contribution in [-0.4, -0.2) is 22.0 Å². The fourth-order valence-electron chi connectivity index (χ4n) is 2.91. The SMILES string of the molecule is CC(=O)Nc1cccc(NC(=O)c2n[nH]c3c2CCCCC3)c1. The standard InChI is InChI=1S/C17H20N4O2/c1-11(22)18-12-6-5-7-13(10-12)19-17(23)16-14-8-3-2-4-9-15(14)20-21-16/h5-7,10H,2-4,8-9H2,1H3,(H,18,22)(H,19,23)(H,20,21). The first kappa shape index (κ1) is 15.3. The number of carbonyl (C=O) groups excluding carboxylic acids is 2. The van der Waals surface area contributed by atoms with Crippen molar-refractivity contribution in [3.05, 3.63) is 41.2 Å². The number of nitrogens with zero attached hydrogens (tertiary/aromatic N) is 1. The van der Waals surface area contributed by atoms with Gasteiger partial charge in [-0.2, -0.15) is 5.10 Å².